The van der Waals surface area contributed by atoms with E-state index in [9.17, 15) is 91.3 Å². The maximum atomic E-state index is 12.7. The highest BCUT2D eigenvalue weighted by Gasteiger charge is 2.68. The average molecular weight is 1940 g/mol. The van der Waals surface area contributed by atoms with E-state index in [1.807, 2.05) is 26.0 Å². The molecule has 2 aromatic carbocycles. The van der Waals surface area contributed by atoms with Crippen molar-refractivity contribution in [2.75, 3.05) is 45.4 Å². The maximum Gasteiger partial charge on any atom is 0.338 e. The van der Waals surface area contributed by atoms with Gasteiger partial charge in [-0.05, 0) is 249 Å². The van der Waals surface area contributed by atoms with Gasteiger partial charge in [-0.15, -0.1) is 11.8 Å². The lowest BCUT2D eigenvalue weighted by molar-refractivity contribution is -0.369. The second-order valence-electron chi connectivity index (χ2n) is 45.1. The molecule has 16 rings (SSSR count). The lowest BCUT2D eigenvalue weighted by Crippen LogP contribution is -2.66. The summed E-state index contributed by atoms with van der Waals surface area (Å²) in [4.78, 5) is 25.3. The van der Waals surface area contributed by atoms with Crippen LogP contribution in [-0.4, -0.2) is 310 Å². The van der Waals surface area contributed by atoms with Gasteiger partial charge >= 0.3 is 11.9 Å². The molecular formula is C105H168O30S. The highest BCUT2D eigenvalue weighted by Crippen LogP contribution is 2.72. The van der Waals surface area contributed by atoms with Gasteiger partial charge in [0.15, 0.2) is 25.2 Å². The Kier molecular flexibility index (Phi) is 36.8. The van der Waals surface area contributed by atoms with E-state index in [-0.39, 0.29) is 88.3 Å². The molecule has 136 heavy (non-hydrogen) atoms. The Bertz CT molecular complexity index is 4050. The Morgan fingerprint density at radius 3 is 1.37 bits per heavy atom. The number of hydrogen-bond acceptors (Lipinski definition) is 31. The fourth-order valence-corrected chi connectivity index (χ4v) is 30.7. The van der Waals surface area contributed by atoms with Crippen molar-refractivity contribution in [3.8, 4) is 0 Å². The first-order valence-electron chi connectivity index (χ1n) is 52.0. The van der Waals surface area contributed by atoms with Crippen molar-refractivity contribution in [1.82, 2.24) is 0 Å². The van der Waals surface area contributed by atoms with E-state index < -0.39 is 198 Å². The van der Waals surface area contributed by atoms with E-state index in [1.54, 1.807) is 60.3 Å². The van der Waals surface area contributed by atoms with Crippen LogP contribution in [0.25, 0.3) is 0 Å². The standard InChI is InChI=1S/C48H82O21.C32H42O8S.C25H44O/c1-5-6-19(2)23-9-10-24-22-8-7-21-13-20(41-35(57)36(58)42(28(17-51)63-41)68-45-38(60)33(55)31(53)26(15-49)64-45)11-12-47(21,3)25(22)14-30(48(23,24)4)67-44-40(62)37(59)43(29(18-52)66-44)69-46-39(61)34(56)32(54)27(16-50)65-46;1-6-41-32-22(5)21(4)28(26(39-32)18-37-30(35)24-15-11-8-12-16-24)40-31-27(33)20(3)19(2)25(38-31)17-36-29(34)23-13-9-7-10-14-23;1-6-7-17(3)20-10-11-21-19-9-8-18-14-16(2)12-13-24(18,4)22(19)15-23(26)25(20,21)5/h19-46,49-62H,5-18H2,1-4H3;7-16,19-22,25-28,31-33H,6,17-18H2,1-5H3;16-23,26H,6-15H2,1-5H3/t19-,20-,21-,22+,23-,24+,25+,26?,27?,28?,29?,30+,31-,32-,33+,34+,35?,36-,37-,38?,39?,40?,41+,42-,43-,44+,45-,46-,47+,48-;19-,20-,21+,22?,25?,26?,27?,28-,31+,32-;16-,17-,18-,19+,20-,21+,22+,23+,24+,25-/m101/s1. The molecule has 6 aliphatic heterocycles. The van der Waals surface area contributed by atoms with Crippen molar-refractivity contribution in [3.63, 3.8) is 0 Å². The minimum atomic E-state index is -1.79. The van der Waals surface area contributed by atoms with E-state index >= 15 is 0 Å². The molecule has 6 saturated heterocycles. The topological polar surface area (TPSA) is 469 Å². The molecule has 0 radical (unpaired) electrons. The zero-order valence-corrected chi connectivity index (χ0v) is 83.5. The Morgan fingerprint density at radius 2 is 0.846 bits per heavy atom. The normalized spacial score (nSPS) is 48.6. The largest absolute Gasteiger partial charge is 0.459 e. The Balaban J connectivity index is 0.000000185. The minimum Gasteiger partial charge on any atom is -0.459 e. The van der Waals surface area contributed by atoms with Crippen LogP contribution in [0, 0.1) is 128 Å². The van der Waals surface area contributed by atoms with E-state index in [0.29, 0.717) is 53.6 Å². The third-order valence-electron chi connectivity index (χ3n) is 38.0. The Hall–Kier alpha value is -3.31. The van der Waals surface area contributed by atoms with Crippen LogP contribution in [-0.2, 0) is 56.8 Å². The quantitative estimate of drug-likeness (QED) is 0.0293. The number of hydrogen-bond donors (Lipinski definition) is 16. The molecule has 14 fully saturated rings. The van der Waals surface area contributed by atoms with Gasteiger partial charge in [0.1, 0.15) is 129 Å². The second kappa shape index (κ2) is 46.2. The number of aliphatic hydroxyl groups is 16. The summed E-state index contributed by atoms with van der Waals surface area (Å²) in [5.74, 6) is 7.25. The van der Waals surface area contributed by atoms with Crippen LogP contribution in [0.4, 0.5) is 0 Å². The van der Waals surface area contributed by atoms with Crippen LogP contribution in [0.15, 0.2) is 60.7 Å². The van der Waals surface area contributed by atoms with Gasteiger partial charge in [0.05, 0.1) is 68.1 Å². The van der Waals surface area contributed by atoms with Crippen molar-refractivity contribution in [2.45, 2.75) is 396 Å². The number of esters is 2. The van der Waals surface area contributed by atoms with E-state index in [4.69, 9.17) is 56.8 Å². The fraction of sp³-hybridized carbons (Fsp3) is 0.867. The van der Waals surface area contributed by atoms with E-state index in [0.717, 1.165) is 98.5 Å². The first kappa shape index (κ1) is 108. The van der Waals surface area contributed by atoms with Crippen LogP contribution in [0.5, 0.6) is 0 Å². The first-order valence-corrected chi connectivity index (χ1v) is 53.1. The SMILES string of the molecule is CCC[C@@H](C)[C@H]1CC[C@H]2[C@@H]3CC[C@@H]4C[C@H](C)CC[C@]4(C)[C@H]3C[C@H](O)[C@]12C.CCC[C@@H](C)[C@H]1CC[C@H]2[C@@H]3CC[C@@H]4C[C@H]([C@@H]5OC(CO)[C@@H](O[C@H]6OC(CO)[C@@H](O)[C@H](O)C6O)[C@H](O)C5O)CC[C@]4(C)[C@H]3C[C@H](O[C@@H]3OC(CO)[C@@H](O[C@H]4OC(CO)[C@@H](O)[C@H](O)C4O)[C@H](O)C3O)[C@]12C.CCS[C@@H]1OC(COC(=O)c2ccccc2)[C@@H](O[C@H]2OC(COC(=O)c3ccccc3)[C@@H](C)[C@H](C)C2O)[C@H](C)C1C. The molecule has 50 atom stereocenters. The average Bonchev–Trinajstić information content (AvgIpc) is 1.66. The molecule has 12 unspecified atom stereocenters. The Labute approximate surface area is 809 Å². The monoisotopic (exact) mass is 1940 g/mol. The van der Waals surface area contributed by atoms with Gasteiger partial charge in [-0.25, -0.2) is 9.59 Å². The summed E-state index contributed by atoms with van der Waals surface area (Å²) in [6.07, 6.45) is -11.7. The van der Waals surface area contributed by atoms with Crippen LogP contribution in [0.2, 0.25) is 0 Å². The number of benzene rings is 2. The van der Waals surface area contributed by atoms with Crippen molar-refractivity contribution in [1.29, 1.82) is 0 Å². The number of aliphatic hydroxyl groups excluding tert-OH is 16. The zero-order valence-electron chi connectivity index (χ0n) is 82.7. The van der Waals surface area contributed by atoms with Crippen molar-refractivity contribution >= 4 is 23.7 Å². The molecule has 8 saturated carbocycles. The van der Waals surface area contributed by atoms with Gasteiger partial charge in [0.2, 0.25) is 0 Å². The number of ether oxygens (including phenoxy) is 12. The van der Waals surface area contributed by atoms with Crippen LogP contribution >= 0.6 is 11.8 Å². The highest BCUT2D eigenvalue weighted by atomic mass is 32.2. The summed E-state index contributed by atoms with van der Waals surface area (Å²) in [6.45, 7) is 29.1. The predicted octanol–water partition coefficient (Wildman–Crippen LogP) is 8.87. The summed E-state index contributed by atoms with van der Waals surface area (Å²) < 4.78 is 72.8. The molecule has 31 heteroatoms. The van der Waals surface area contributed by atoms with Crippen LogP contribution in [0.3, 0.4) is 0 Å². The van der Waals surface area contributed by atoms with E-state index in [1.165, 1.54) is 57.8 Å². The zero-order chi connectivity index (χ0) is 98.2. The molecule has 14 aliphatic rings. The highest BCUT2D eigenvalue weighted by molar-refractivity contribution is 7.99. The van der Waals surface area contributed by atoms with Crippen molar-refractivity contribution in [3.05, 3.63) is 71.8 Å². The third kappa shape index (κ3) is 21.5. The third-order valence-corrected chi connectivity index (χ3v) is 39.2. The number of thioether (sulfide) groups is 1. The molecule has 0 amide bonds. The molecule has 30 nitrogen and oxygen atoms in total. The minimum absolute atomic E-state index is 0.00309. The smallest absolute Gasteiger partial charge is 0.338 e. The fourth-order valence-electron chi connectivity index (χ4n) is 29.6. The number of carbonyl (C=O) groups is 2. The van der Waals surface area contributed by atoms with Gasteiger partial charge in [-0.3, -0.25) is 0 Å². The van der Waals surface area contributed by atoms with Gasteiger partial charge in [0.25, 0.3) is 0 Å². The van der Waals surface area contributed by atoms with Crippen LogP contribution < -0.4 is 0 Å². The Morgan fingerprint density at radius 1 is 0.404 bits per heavy atom. The summed E-state index contributed by atoms with van der Waals surface area (Å²) in [6, 6.07) is 17.6. The molecular weight excluding hydrogens is 1770 g/mol. The summed E-state index contributed by atoms with van der Waals surface area (Å²) in [7, 11) is 0. The number of carbonyl (C=O) groups excluding carboxylic acids is 2. The summed E-state index contributed by atoms with van der Waals surface area (Å²) in [5, 5.41) is 172. The molecule has 774 valence electrons. The van der Waals surface area contributed by atoms with Gasteiger partial charge < -0.3 is 139 Å². The predicted molar refractivity (Wildman–Crippen MR) is 502 cm³/mol. The maximum absolute atomic E-state index is 12.7. The molecule has 0 aromatic heterocycles. The number of fused-ring (bicyclic) bond motifs is 10. The van der Waals surface area contributed by atoms with Crippen molar-refractivity contribution < 1.29 is 148 Å². The van der Waals surface area contributed by atoms with Gasteiger partial charge in [0, 0.05) is 5.41 Å². The molecule has 2 aromatic rings. The lowest BCUT2D eigenvalue weighted by atomic mass is 9.43. The van der Waals surface area contributed by atoms with E-state index in [2.05, 4.69) is 83.1 Å². The summed E-state index contributed by atoms with van der Waals surface area (Å²) >= 11 is 1.71. The van der Waals surface area contributed by atoms with Crippen molar-refractivity contribution in [2.24, 2.45) is 128 Å². The van der Waals surface area contributed by atoms with Gasteiger partial charge in [-0.1, -0.05) is 165 Å². The molecule has 0 spiro atoms. The molecule has 8 aliphatic carbocycles. The first-order chi connectivity index (χ1) is 64.8. The molecule has 6 heterocycles. The molecule has 0 bridgehead atoms. The number of rotatable bonds is 27. The lowest BCUT2D eigenvalue weighted by Gasteiger charge is -2.64. The van der Waals surface area contributed by atoms with Crippen LogP contribution in [0.1, 0.15) is 246 Å². The molecule has 16 N–H and O–H groups in total. The second-order valence-corrected chi connectivity index (χ2v) is 46.5. The van der Waals surface area contributed by atoms with Gasteiger partial charge in [-0.2, -0.15) is 0 Å². The summed E-state index contributed by atoms with van der Waals surface area (Å²) in [5.41, 5.74) is 1.02.